The Bertz CT molecular complexity index is 1100. The molecule has 0 aliphatic carbocycles. The number of fused-ring (bicyclic) bond motifs is 1. The normalized spacial score (nSPS) is 20.6. The van der Waals surface area contributed by atoms with Gasteiger partial charge in [-0.3, -0.25) is 4.79 Å². The van der Waals surface area contributed by atoms with Crippen molar-refractivity contribution in [3.05, 3.63) is 75.2 Å². The molecule has 0 spiro atoms. The molecule has 1 saturated heterocycles. The van der Waals surface area contributed by atoms with Crippen LogP contribution >= 0.6 is 11.6 Å². The quantitative estimate of drug-likeness (QED) is 0.631. The van der Waals surface area contributed by atoms with Gasteiger partial charge in [-0.05, 0) is 63.1 Å². The standard InChI is InChI=1S/C22H24ClN3O/c1-25-13-4-5-18(12-14-25)26-22(27)20-7-3-2-6-19(20)21(24-26)15-16-8-10-17(23)11-9-16/h2-3,6-11,18H,4-5,12-15H2,1H3/i1+1D3. The summed E-state index contributed by atoms with van der Waals surface area (Å²) in [5.41, 5.74) is 1.79. The lowest BCUT2D eigenvalue weighted by atomic mass is 10.0. The lowest BCUT2D eigenvalue weighted by molar-refractivity contribution is 0.334. The van der Waals surface area contributed by atoms with Gasteiger partial charge in [-0.2, -0.15) is 5.10 Å². The third-order valence-electron chi connectivity index (χ3n) is 5.23. The van der Waals surface area contributed by atoms with Crippen LogP contribution in [0.5, 0.6) is 0 Å². The van der Waals surface area contributed by atoms with Gasteiger partial charge >= 0.3 is 0 Å². The Labute approximate surface area is 168 Å². The predicted molar refractivity (Wildman–Crippen MR) is 111 cm³/mol. The fraction of sp³-hybridized carbons (Fsp3) is 0.364. The van der Waals surface area contributed by atoms with Crippen LogP contribution in [0, 0.1) is 0 Å². The van der Waals surface area contributed by atoms with Crippen LogP contribution in [0.4, 0.5) is 0 Å². The van der Waals surface area contributed by atoms with Crippen molar-refractivity contribution in [3.8, 4) is 0 Å². The van der Waals surface area contributed by atoms with Gasteiger partial charge in [0, 0.05) is 20.9 Å². The highest BCUT2D eigenvalue weighted by molar-refractivity contribution is 6.30. The molecule has 1 atom stereocenters. The van der Waals surface area contributed by atoms with E-state index < -0.39 is 6.98 Å². The molecule has 1 fully saturated rings. The fourth-order valence-electron chi connectivity index (χ4n) is 3.77. The molecule has 0 bridgehead atoms. The Morgan fingerprint density at radius 3 is 2.67 bits per heavy atom. The first-order chi connectivity index (χ1) is 14.3. The second kappa shape index (κ2) is 7.83. The Balaban J connectivity index is 1.72. The van der Waals surface area contributed by atoms with Gasteiger partial charge in [-0.1, -0.05) is 41.9 Å². The highest BCUT2D eigenvalue weighted by atomic mass is 35.5. The molecule has 5 heteroatoms. The van der Waals surface area contributed by atoms with Gasteiger partial charge in [0.2, 0.25) is 0 Å². The Morgan fingerprint density at radius 2 is 1.89 bits per heavy atom. The molecule has 1 aliphatic rings. The highest BCUT2D eigenvalue weighted by Gasteiger charge is 2.21. The number of nitrogens with zero attached hydrogens (tertiary/aromatic N) is 3. The monoisotopic (exact) mass is 385 g/mol. The number of rotatable bonds is 3. The van der Waals surface area contributed by atoms with Crippen LogP contribution < -0.4 is 5.56 Å². The highest BCUT2D eigenvalue weighted by Crippen LogP contribution is 2.23. The summed E-state index contributed by atoms with van der Waals surface area (Å²) in [6.45, 7) is -1.17. The first kappa shape index (κ1) is 14.8. The smallest absolute Gasteiger partial charge is 0.274 e. The molecular weight excluding hydrogens is 359 g/mol. The van der Waals surface area contributed by atoms with Crippen LogP contribution in [0.1, 0.15) is 40.7 Å². The summed E-state index contributed by atoms with van der Waals surface area (Å²) >= 11 is 6.01. The van der Waals surface area contributed by atoms with E-state index >= 15 is 0 Å². The van der Waals surface area contributed by atoms with E-state index in [0.717, 1.165) is 29.5 Å². The van der Waals surface area contributed by atoms with Gasteiger partial charge in [-0.15, -0.1) is 0 Å². The molecule has 1 unspecified atom stereocenters. The number of hydrogen-bond acceptors (Lipinski definition) is 3. The van der Waals surface area contributed by atoms with Crippen molar-refractivity contribution in [2.75, 3.05) is 20.1 Å². The fourth-order valence-corrected chi connectivity index (χ4v) is 3.90. The predicted octanol–water partition coefficient (Wildman–Crippen LogP) is 4.30. The third-order valence-corrected chi connectivity index (χ3v) is 5.49. The topological polar surface area (TPSA) is 38.1 Å². The summed E-state index contributed by atoms with van der Waals surface area (Å²) in [6, 6.07) is 15.1. The summed E-state index contributed by atoms with van der Waals surface area (Å²) in [7, 11) is 0. The number of benzene rings is 2. The van der Waals surface area contributed by atoms with Gasteiger partial charge in [-0.25, -0.2) is 4.68 Å². The van der Waals surface area contributed by atoms with E-state index in [4.69, 9.17) is 20.8 Å². The van der Waals surface area contributed by atoms with Crippen LogP contribution in [0.25, 0.3) is 10.8 Å². The van der Waals surface area contributed by atoms with Gasteiger partial charge in [0.25, 0.3) is 5.56 Å². The number of hydrogen-bond donors (Lipinski definition) is 0. The lowest BCUT2D eigenvalue weighted by Crippen LogP contribution is -2.29. The van der Waals surface area contributed by atoms with Crippen molar-refractivity contribution in [1.82, 2.24) is 14.7 Å². The van der Waals surface area contributed by atoms with Crippen LogP contribution in [0.3, 0.4) is 0 Å². The molecule has 2 heterocycles. The molecule has 0 radical (unpaired) electrons. The van der Waals surface area contributed by atoms with Crippen LogP contribution in [-0.4, -0.2) is 34.7 Å². The summed E-state index contributed by atoms with van der Waals surface area (Å²) in [5.74, 6) is 0. The van der Waals surface area contributed by atoms with Crippen LogP contribution in [0.15, 0.2) is 53.3 Å². The molecule has 4 rings (SSSR count). The maximum absolute atomic E-state index is 13.2. The Morgan fingerprint density at radius 1 is 1.11 bits per heavy atom. The van der Waals surface area contributed by atoms with Crippen molar-refractivity contribution in [3.63, 3.8) is 0 Å². The molecule has 1 aliphatic heterocycles. The number of likely N-dealkylation sites (tertiary alicyclic amines) is 1. The molecule has 0 amide bonds. The minimum absolute atomic E-state index is 0.113. The zero-order chi connectivity index (χ0) is 21.3. The van der Waals surface area contributed by atoms with E-state index in [-0.39, 0.29) is 11.6 Å². The van der Waals surface area contributed by atoms with E-state index in [9.17, 15) is 4.79 Å². The van der Waals surface area contributed by atoms with Crippen molar-refractivity contribution < 1.29 is 4.11 Å². The number of aromatic nitrogens is 2. The van der Waals surface area contributed by atoms with Crippen molar-refractivity contribution in [1.29, 1.82) is 0 Å². The lowest BCUT2D eigenvalue weighted by Gasteiger charge is -2.19. The first-order valence-electron chi connectivity index (χ1n) is 10.8. The molecule has 1 aromatic heterocycles. The van der Waals surface area contributed by atoms with Crippen LogP contribution in [0.2, 0.25) is 5.02 Å². The van der Waals surface area contributed by atoms with E-state index in [1.54, 1.807) is 4.68 Å². The van der Waals surface area contributed by atoms with Gasteiger partial charge in [0.15, 0.2) is 0 Å². The first-order valence-corrected chi connectivity index (χ1v) is 9.70. The molecule has 0 saturated carbocycles. The van der Waals surface area contributed by atoms with E-state index in [0.29, 0.717) is 36.3 Å². The Kier molecular flexibility index (Phi) is 4.30. The maximum Gasteiger partial charge on any atom is 0.274 e. The molecule has 27 heavy (non-hydrogen) atoms. The van der Waals surface area contributed by atoms with E-state index in [1.165, 1.54) is 4.90 Å². The second-order valence-corrected chi connectivity index (χ2v) is 7.55. The largest absolute Gasteiger partial charge is 0.306 e. The van der Waals surface area contributed by atoms with Gasteiger partial charge in [0.1, 0.15) is 0 Å². The molecule has 4 nitrogen and oxygen atoms in total. The van der Waals surface area contributed by atoms with E-state index in [1.807, 2.05) is 48.5 Å². The van der Waals surface area contributed by atoms with Crippen molar-refractivity contribution in [2.45, 2.75) is 31.7 Å². The Hall–Kier alpha value is -2.17. The summed E-state index contributed by atoms with van der Waals surface area (Å²) in [6.07, 6.45) is 2.63. The van der Waals surface area contributed by atoms with Gasteiger partial charge in [0.05, 0.1) is 17.1 Å². The van der Waals surface area contributed by atoms with Crippen molar-refractivity contribution in [2.24, 2.45) is 0 Å². The molecule has 0 N–H and O–H groups in total. The van der Waals surface area contributed by atoms with E-state index in [2.05, 4.69) is 0 Å². The van der Waals surface area contributed by atoms with Crippen molar-refractivity contribution >= 4 is 22.4 Å². The molecule has 2 aromatic carbocycles. The maximum atomic E-state index is 13.2. The molecule has 3 aromatic rings. The SMILES string of the molecule is [2H][13C]([2H])([2H])N1CCCC(n2nc(Cc3ccc(Cl)cc3)c3ccccc3c2=O)CC1. The second-order valence-electron chi connectivity index (χ2n) is 7.12. The molecular formula is C22H24ClN3O. The third kappa shape index (κ3) is 3.92. The summed E-state index contributed by atoms with van der Waals surface area (Å²) in [4.78, 5) is 14.7. The average molecular weight is 386 g/mol. The summed E-state index contributed by atoms with van der Waals surface area (Å²) in [5, 5.41) is 6.96. The molecule has 140 valence electrons. The average Bonchev–Trinajstić information content (AvgIpc) is 2.98. The minimum atomic E-state index is -2.10. The minimum Gasteiger partial charge on any atom is -0.306 e. The summed E-state index contributed by atoms with van der Waals surface area (Å²) < 4.78 is 24.6. The van der Waals surface area contributed by atoms with Gasteiger partial charge < -0.3 is 4.90 Å². The van der Waals surface area contributed by atoms with Crippen LogP contribution in [-0.2, 0) is 6.42 Å². The zero-order valence-electron chi connectivity index (χ0n) is 18.1. The zero-order valence-corrected chi connectivity index (χ0v) is 15.8. The number of halogens is 1.